The van der Waals surface area contributed by atoms with Crippen molar-refractivity contribution in [3.05, 3.63) is 50.9 Å². The number of pyridine rings is 1. The molecule has 3 aromatic rings. The molecule has 0 saturated carbocycles. The van der Waals surface area contributed by atoms with E-state index >= 15 is 0 Å². The number of rotatable bonds is 2. The largest absolute Gasteiger partial charge is 0.306 e. The lowest BCUT2D eigenvalue weighted by Crippen LogP contribution is -2.10. The Hall–Kier alpha value is -1.56. The first-order chi connectivity index (χ1) is 10.1. The molecule has 0 spiro atoms. The number of fused-ring (bicyclic) bond motifs is 1. The first-order valence-electron chi connectivity index (χ1n) is 5.98. The fourth-order valence-corrected chi connectivity index (χ4v) is 2.83. The number of nitrogens with zero attached hydrogens (tertiary/aromatic N) is 2. The zero-order valence-corrected chi connectivity index (χ0v) is 13.2. The highest BCUT2D eigenvalue weighted by Gasteiger charge is 2.11. The molecule has 0 saturated heterocycles. The molecule has 3 rings (SSSR count). The Morgan fingerprint density at radius 1 is 1.19 bits per heavy atom. The van der Waals surface area contributed by atoms with Crippen LogP contribution in [0, 0.1) is 0 Å². The lowest BCUT2D eigenvalue weighted by molar-refractivity contribution is 0.988. The van der Waals surface area contributed by atoms with Crippen LogP contribution in [0.1, 0.15) is 0 Å². The average Bonchev–Trinajstić information content (AvgIpc) is 2.46. The number of hydrogen-bond donors (Lipinski definition) is 1. The van der Waals surface area contributed by atoms with Gasteiger partial charge in [0.15, 0.2) is 5.16 Å². The summed E-state index contributed by atoms with van der Waals surface area (Å²) in [6, 6.07) is 6.75. The van der Waals surface area contributed by atoms with Gasteiger partial charge in [0.05, 0.1) is 5.02 Å². The summed E-state index contributed by atoms with van der Waals surface area (Å²) >= 11 is 13.5. The number of benzene rings is 1. The minimum absolute atomic E-state index is 0.252. The molecule has 0 amide bonds. The van der Waals surface area contributed by atoms with Crippen molar-refractivity contribution in [1.82, 2.24) is 15.0 Å². The Kier molecular flexibility index (Phi) is 3.89. The minimum atomic E-state index is -0.252. The molecule has 0 aliphatic carbocycles. The van der Waals surface area contributed by atoms with Crippen LogP contribution in [0.15, 0.2) is 40.4 Å². The van der Waals surface area contributed by atoms with Gasteiger partial charge in [0, 0.05) is 27.7 Å². The third-order valence-electron chi connectivity index (χ3n) is 2.98. The fourth-order valence-electron chi connectivity index (χ4n) is 1.98. The van der Waals surface area contributed by atoms with E-state index in [-0.39, 0.29) is 5.56 Å². The normalized spacial score (nSPS) is 11.0. The number of thioether (sulfide) groups is 1. The van der Waals surface area contributed by atoms with E-state index in [1.54, 1.807) is 30.5 Å². The predicted molar refractivity (Wildman–Crippen MR) is 87.4 cm³/mol. The maximum absolute atomic E-state index is 12.3. The molecule has 2 heterocycles. The zero-order valence-electron chi connectivity index (χ0n) is 10.9. The zero-order chi connectivity index (χ0) is 15.0. The molecular weight excluding hydrogens is 329 g/mol. The van der Waals surface area contributed by atoms with Gasteiger partial charge in [-0.1, -0.05) is 41.0 Å². The van der Waals surface area contributed by atoms with Gasteiger partial charge in [0.1, 0.15) is 5.65 Å². The molecular formula is C14H9Cl2N3OS. The summed E-state index contributed by atoms with van der Waals surface area (Å²) in [6.07, 6.45) is 3.55. The van der Waals surface area contributed by atoms with Gasteiger partial charge in [0.25, 0.3) is 5.56 Å². The standard InChI is InChI=1S/C14H9Cl2N3OS/c1-21-14-17-6-7-4-10(13(20)18-12(7)19-14)9-3-2-8(15)5-11(9)16/h2-6H,1H3,(H,17,18,19,20). The molecule has 0 aliphatic rings. The molecule has 0 aliphatic heterocycles. The Labute approximate surface area is 134 Å². The molecule has 1 aromatic carbocycles. The lowest BCUT2D eigenvalue weighted by atomic mass is 10.1. The van der Waals surface area contributed by atoms with Gasteiger partial charge in [-0.25, -0.2) is 9.97 Å². The van der Waals surface area contributed by atoms with E-state index in [0.29, 0.717) is 32.0 Å². The molecule has 0 radical (unpaired) electrons. The van der Waals surface area contributed by atoms with Gasteiger partial charge in [-0.15, -0.1) is 0 Å². The topological polar surface area (TPSA) is 58.6 Å². The van der Waals surface area contributed by atoms with Crippen molar-refractivity contribution >= 4 is 46.0 Å². The summed E-state index contributed by atoms with van der Waals surface area (Å²) in [5.74, 6) is 0. The molecule has 4 nitrogen and oxygen atoms in total. The van der Waals surface area contributed by atoms with Crippen LogP contribution in [0.2, 0.25) is 10.0 Å². The number of aromatic amines is 1. The summed E-state index contributed by atoms with van der Waals surface area (Å²) in [5.41, 5.74) is 1.34. The smallest absolute Gasteiger partial charge is 0.257 e. The van der Waals surface area contributed by atoms with Crippen LogP contribution in [-0.4, -0.2) is 21.2 Å². The molecule has 106 valence electrons. The SMILES string of the molecule is CSc1ncc2cc(-c3ccc(Cl)cc3Cl)c(=O)[nH]c2n1. The van der Waals surface area contributed by atoms with Crippen molar-refractivity contribution in [2.45, 2.75) is 5.16 Å². The average molecular weight is 338 g/mol. The van der Waals surface area contributed by atoms with E-state index in [4.69, 9.17) is 23.2 Å². The Bertz CT molecular complexity index is 895. The van der Waals surface area contributed by atoms with E-state index in [2.05, 4.69) is 15.0 Å². The molecule has 0 bridgehead atoms. The summed E-state index contributed by atoms with van der Waals surface area (Å²) in [4.78, 5) is 23.5. The highest BCUT2D eigenvalue weighted by molar-refractivity contribution is 7.98. The van der Waals surface area contributed by atoms with E-state index in [9.17, 15) is 4.79 Å². The molecule has 7 heteroatoms. The Balaban J connectivity index is 2.24. The van der Waals surface area contributed by atoms with Crippen LogP contribution >= 0.6 is 35.0 Å². The molecule has 2 aromatic heterocycles. The molecule has 0 atom stereocenters. The third-order valence-corrected chi connectivity index (χ3v) is 4.08. The van der Waals surface area contributed by atoms with Crippen LogP contribution in [0.4, 0.5) is 0 Å². The highest BCUT2D eigenvalue weighted by Crippen LogP contribution is 2.29. The highest BCUT2D eigenvalue weighted by atomic mass is 35.5. The van der Waals surface area contributed by atoms with Gasteiger partial charge in [-0.3, -0.25) is 4.79 Å². The third kappa shape index (κ3) is 2.77. The van der Waals surface area contributed by atoms with E-state index in [0.717, 1.165) is 5.39 Å². The van der Waals surface area contributed by atoms with E-state index in [1.807, 2.05) is 6.26 Å². The van der Waals surface area contributed by atoms with Crippen molar-refractivity contribution in [2.24, 2.45) is 0 Å². The second-order valence-electron chi connectivity index (χ2n) is 4.30. The second-order valence-corrected chi connectivity index (χ2v) is 5.91. The minimum Gasteiger partial charge on any atom is -0.306 e. The van der Waals surface area contributed by atoms with Crippen LogP contribution in [0.25, 0.3) is 22.2 Å². The number of hydrogen-bond acceptors (Lipinski definition) is 4. The first-order valence-corrected chi connectivity index (χ1v) is 7.96. The second kappa shape index (κ2) is 5.67. The number of H-pyrrole nitrogens is 1. The van der Waals surface area contributed by atoms with Crippen molar-refractivity contribution in [2.75, 3.05) is 6.26 Å². The summed E-state index contributed by atoms with van der Waals surface area (Å²) in [7, 11) is 0. The molecule has 0 fully saturated rings. The van der Waals surface area contributed by atoms with Gasteiger partial charge >= 0.3 is 0 Å². The summed E-state index contributed by atoms with van der Waals surface area (Å²) < 4.78 is 0. The molecule has 1 N–H and O–H groups in total. The van der Waals surface area contributed by atoms with Crippen LogP contribution in [0.5, 0.6) is 0 Å². The first kappa shape index (κ1) is 14.4. The molecule has 0 unspecified atom stereocenters. The lowest BCUT2D eigenvalue weighted by Gasteiger charge is -2.06. The van der Waals surface area contributed by atoms with Crippen molar-refractivity contribution in [3.8, 4) is 11.1 Å². The Morgan fingerprint density at radius 2 is 2.00 bits per heavy atom. The van der Waals surface area contributed by atoms with Crippen molar-refractivity contribution in [3.63, 3.8) is 0 Å². The monoisotopic (exact) mass is 337 g/mol. The van der Waals surface area contributed by atoms with Crippen LogP contribution in [0.3, 0.4) is 0 Å². The fraction of sp³-hybridized carbons (Fsp3) is 0.0714. The maximum Gasteiger partial charge on any atom is 0.257 e. The van der Waals surface area contributed by atoms with Gasteiger partial charge in [0.2, 0.25) is 0 Å². The number of aromatic nitrogens is 3. The van der Waals surface area contributed by atoms with E-state index < -0.39 is 0 Å². The number of nitrogens with one attached hydrogen (secondary N) is 1. The number of halogens is 2. The van der Waals surface area contributed by atoms with E-state index in [1.165, 1.54) is 11.8 Å². The predicted octanol–water partition coefficient (Wildman–Crippen LogP) is 4.01. The quantitative estimate of drug-likeness (QED) is 0.566. The van der Waals surface area contributed by atoms with Gasteiger partial charge < -0.3 is 4.98 Å². The van der Waals surface area contributed by atoms with Gasteiger partial charge in [-0.05, 0) is 24.5 Å². The summed E-state index contributed by atoms with van der Waals surface area (Å²) in [6.45, 7) is 0. The maximum atomic E-state index is 12.3. The van der Waals surface area contributed by atoms with Crippen molar-refractivity contribution in [1.29, 1.82) is 0 Å². The van der Waals surface area contributed by atoms with Crippen molar-refractivity contribution < 1.29 is 0 Å². The van der Waals surface area contributed by atoms with Crippen LogP contribution in [-0.2, 0) is 0 Å². The Morgan fingerprint density at radius 3 is 2.71 bits per heavy atom. The van der Waals surface area contributed by atoms with Crippen LogP contribution < -0.4 is 5.56 Å². The summed E-state index contributed by atoms with van der Waals surface area (Å²) in [5, 5.41) is 2.30. The molecule has 21 heavy (non-hydrogen) atoms. The van der Waals surface area contributed by atoms with Gasteiger partial charge in [-0.2, -0.15) is 0 Å².